The fraction of sp³-hybridized carbons (Fsp3) is 0.231. The van der Waals surface area contributed by atoms with Gasteiger partial charge in [-0.25, -0.2) is 9.37 Å². The van der Waals surface area contributed by atoms with E-state index < -0.39 is 5.82 Å². The summed E-state index contributed by atoms with van der Waals surface area (Å²) in [6, 6.07) is 4.07. The number of benzene rings is 1. The molecular formula is C13H14FN3O2S. The van der Waals surface area contributed by atoms with Gasteiger partial charge in [0.1, 0.15) is 12.1 Å². The predicted octanol–water partition coefficient (Wildman–Crippen LogP) is 2.91. The second-order valence-electron chi connectivity index (χ2n) is 4.04. The lowest BCUT2D eigenvalue weighted by molar-refractivity contribution is -0.116. The van der Waals surface area contributed by atoms with Crippen molar-refractivity contribution in [3.05, 3.63) is 36.5 Å². The van der Waals surface area contributed by atoms with Crippen LogP contribution >= 0.6 is 11.8 Å². The summed E-state index contributed by atoms with van der Waals surface area (Å²) in [7, 11) is 0. The van der Waals surface area contributed by atoms with Crippen LogP contribution in [0.3, 0.4) is 0 Å². The monoisotopic (exact) mass is 295 g/mol. The molecule has 1 aromatic heterocycles. The Morgan fingerprint density at radius 3 is 3.10 bits per heavy atom. The fourth-order valence-corrected chi connectivity index (χ4v) is 2.25. The minimum atomic E-state index is -0.498. The molecule has 0 radical (unpaired) electrons. The van der Waals surface area contributed by atoms with Crippen molar-refractivity contribution in [1.82, 2.24) is 4.98 Å². The number of thioether (sulfide) groups is 1. The summed E-state index contributed by atoms with van der Waals surface area (Å²) in [6.45, 7) is 0. The lowest BCUT2D eigenvalue weighted by Crippen LogP contribution is -2.12. The number of oxazole rings is 1. The van der Waals surface area contributed by atoms with E-state index in [0.29, 0.717) is 29.5 Å². The van der Waals surface area contributed by atoms with Crippen molar-refractivity contribution in [3.63, 3.8) is 0 Å². The third kappa shape index (κ3) is 4.27. The van der Waals surface area contributed by atoms with Gasteiger partial charge in [0.15, 0.2) is 0 Å². The van der Waals surface area contributed by atoms with Gasteiger partial charge in [0.2, 0.25) is 5.91 Å². The minimum absolute atomic E-state index is 0.107. The number of nitrogens with zero attached hydrogens (tertiary/aromatic N) is 1. The number of rotatable bonds is 6. The Morgan fingerprint density at radius 1 is 1.50 bits per heavy atom. The molecule has 0 saturated heterocycles. The van der Waals surface area contributed by atoms with E-state index in [9.17, 15) is 9.18 Å². The van der Waals surface area contributed by atoms with Crippen LogP contribution in [0, 0.1) is 5.82 Å². The average molecular weight is 295 g/mol. The third-order valence-electron chi connectivity index (χ3n) is 2.45. The van der Waals surface area contributed by atoms with Crippen molar-refractivity contribution in [1.29, 1.82) is 0 Å². The number of aromatic nitrogens is 1. The van der Waals surface area contributed by atoms with Crippen molar-refractivity contribution in [2.45, 2.75) is 18.1 Å². The molecule has 3 N–H and O–H groups in total. The van der Waals surface area contributed by atoms with Crippen LogP contribution in [0.15, 0.2) is 40.3 Å². The molecule has 2 aromatic rings. The number of nitrogens with two attached hydrogens (primary N) is 1. The van der Waals surface area contributed by atoms with E-state index in [0.717, 1.165) is 0 Å². The molecule has 0 spiro atoms. The first-order valence-electron chi connectivity index (χ1n) is 6.02. The normalized spacial score (nSPS) is 10.4. The van der Waals surface area contributed by atoms with Gasteiger partial charge in [-0.1, -0.05) is 11.8 Å². The first-order chi connectivity index (χ1) is 9.65. The van der Waals surface area contributed by atoms with Crippen LogP contribution < -0.4 is 11.1 Å². The van der Waals surface area contributed by atoms with E-state index in [4.69, 9.17) is 10.2 Å². The molecule has 0 bridgehead atoms. The SMILES string of the molecule is Nc1ccc(F)c(NC(=O)CCCSc2ncco2)c1. The van der Waals surface area contributed by atoms with Crippen molar-refractivity contribution in [2.75, 3.05) is 16.8 Å². The maximum Gasteiger partial charge on any atom is 0.255 e. The molecule has 7 heteroatoms. The number of hydrogen-bond acceptors (Lipinski definition) is 5. The van der Waals surface area contributed by atoms with Crippen molar-refractivity contribution in [2.24, 2.45) is 0 Å². The highest BCUT2D eigenvalue weighted by atomic mass is 32.2. The van der Waals surface area contributed by atoms with Gasteiger partial charge in [0, 0.05) is 17.9 Å². The van der Waals surface area contributed by atoms with E-state index in [2.05, 4.69) is 10.3 Å². The summed E-state index contributed by atoms with van der Waals surface area (Å²) in [6.07, 6.45) is 4.00. The number of carbonyl (C=O) groups excluding carboxylic acids is 1. The van der Waals surface area contributed by atoms with Crippen molar-refractivity contribution >= 4 is 29.0 Å². The zero-order valence-electron chi connectivity index (χ0n) is 10.6. The molecule has 1 aromatic carbocycles. The molecule has 0 atom stereocenters. The van der Waals surface area contributed by atoms with E-state index in [1.807, 2.05) is 0 Å². The Kier molecular flexibility index (Phi) is 5.00. The molecule has 0 aliphatic carbocycles. The second-order valence-corrected chi connectivity index (χ2v) is 5.08. The number of carbonyl (C=O) groups is 1. The number of nitrogen functional groups attached to an aromatic ring is 1. The number of amides is 1. The molecule has 106 valence electrons. The number of hydrogen-bond donors (Lipinski definition) is 2. The quantitative estimate of drug-likeness (QED) is 0.486. The summed E-state index contributed by atoms with van der Waals surface area (Å²) in [5.74, 6) is -0.0444. The minimum Gasteiger partial charge on any atom is -0.440 e. The van der Waals surface area contributed by atoms with Crippen LogP contribution in [-0.4, -0.2) is 16.6 Å². The van der Waals surface area contributed by atoms with Gasteiger partial charge >= 0.3 is 0 Å². The molecule has 0 saturated carbocycles. The maximum atomic E-state index is 13.4. The summed E-state index contributed by atoms with van der Waals surface area (Å²) in [5, 5.41) is 3.08. The lowest BCUT2D eigenvalue weighted by Gasteiger charge is -2.06. The lowest BCUT2D eigenvalue weighted by atomic mass is 10.2. The summed E-state index contributed by atoms with van der Waals surface area (Å²) >= 11 is 1.43. The topological polar surface area (TPSA) is 81.1 Å². The zero-order chi connectivity index (χ0) is 14.4. The molecule has 5 nitrogen and oxygen atoms in total. The van der Waals surface area contributed by atoms with E-state index in [1.165, 1.54) is 36.2 Å². The van der Waals surface area contributed by atoms with E-state index in [-0.39, 0.29) is 11.6 Å². The second kappa shape index (κ2) is 6.95. The molecular weight excluding hydrogens is 281 g/mol. The smallest absolute Gasteiger partial charge is 0.255 e. The molecule has 0 unspecified atom stereocenters. The van der Waals surface area contributed by atoms with Crippen LogP contribution in [0.1, 0.15) is 12.8 Å². The first-order valence-corrected chi connectivity index (χ1v) is 7.01. The zero-order valence-corrected chi connectivity index (χ0v) is 11.5. The highest BCUT2D eigenvalue weighted by Crippen LogP contribution is 2.19. The van der Waals surface area contributed by atoms with E-state index in [1.54, 1.807) is 6.20 Å². The Balaban J connectivity index is 1.73. The van der Waals surface area contributed by atoms with Crippen molar-refractivity contribution < 1.29 is 13.6 Å². The molecule has 1 heterocycles. The van der Waals surface area contributed by atoms with Crippen molar-refractivity contribution in [3.8, 4) is 0 Å². The summed E-state index contributed by atoms with van der Waals surface area (Å²) in [5.41, 5.74) is 6.05. The Morgan fingerprint density at radius 2 is 2.35 bits per heavy atom. The van der Waals surface area contributed by atoms with Gasteiger partial charge in [0.25, 0.3) is 5.22 Å². The molecule has 0 aliphatic heterocycles. The highest BCUT2D eigenvalue weighted by Gasteiger charge is 2.07. The van der Waals surface area contributed by atoms with Crippen LogP contribution in [0.2, 0.25) is 0 Å². The van der Waals surface area contributed by atoms with Gasteiger partial charge in [-0.05, 0) is 24.6 Å². The molecule has 0 aliphatic rings. The van der Waals surface area contributed by atoms with Crippen LogP contribution in [0.25, 0.3) is 0 Å². The standard InChI is InChI=1S/C13H14FN3O2S/c14-10-4-3-9(15)8-11(10)17-12(18)2-1-7-20-13-16-5-6-19-13/h3-6,8H,1-2,7,15H2,(H,17,18). The van der Waals surface area contributed by atoms with Crippen LogP contribution in [0.4, 0.5) is 15.8 Å². The number of anilines is 2. The highest BCUT2D eigenvalue weighted by molar-refractivity contribution is 7.99. The summed E-state index contributed by atoms with van der Waals surface area (Å²) < 4.78 is 18.5. The number of nitrogens with one attached hydrogen (secondary N) is 1. The molecule has 2 rings (SSSR count). The Bertz CT molecular complexity index is 575. The Labute approximate surface area is 119 Å². The Hall–Kier alpha value is -2.02. The number of halogens is 1. The van der Waals surface area contributed by atoms with Gasteiger partial charge < -0.3 is 15.5 Å². The van der Waals surface area contributed by atoms with Gasteiger partial charge in [-0.15, -0.1) is 0 Å². The van der Waals surface area contributed by atoms with Gasteiger partial charge in [0.05, 0.1) is 11.9 Å². The molecule has 0 fully saturated rings. The maximum absolute atomic E-state index is 13.4. The first kappa shape index (κ1) is 14.4. The molecule has 1 amide bonds. The van der Waals surface area contributed by atoms with E-state index >= 15 is 0 Å². The largest absolute Gasteiger partial charge is 0.440 e. The summed E-state index contributed by atoms with van der Waals surface area (Å²) in [4.78, 5) is 15.6. The molecule has 20 heavy (non-hydrogen) atoms. The predicted molar refractivity (Wildman–Crippen MR) is 75.9 cm³/mol. The van der Waals surface area contributed by atoms with Gasteiger partial charge in [-0.2, -0.15) is 0 Å². The van der Waals surface area contributed by atoms with Gasteiger partial charge in [-0.3, -0.25) is 4.79 Å². The van der Waals surface area contributed by atoms with Crippen LogP contribution in [0.5, 0.6) is 0 Å². The third-order valence-corrected chi connectivity index (χ3v) is 3.39. The van der Waals surface area contributed by atoms with Crippen LogP contribution in [-0.2, 0) is 4.79 Å². The fourth-order valence-electron chi connectivity index (χ4n) is 1.53. The average Bonchev–Trinajstić information content (AvgIpc) is 2.92.